The molecule has 0 aliphatic rings. The molecule has 0 fully saturated rings. The van der Waals surface area contributed by atoms with Crippen LogP contribution in [0, 0.1) is 13.8 Å². The molecule has 0 amide bonds. The Morgan fingerprint density at radius 3 is 2.44 bits per heavy atom. The Bertz CT molecular complexity index is 463. The predicted octanol–water partition coefficient (Wildman–Crippen LogP) is 0.866. The molecule has 0 unspecified atom stereocenters. The molecule has 1 N–H and O–H groups in total. The second kappa shape index (κ2) is 4.97. The molecule has 6 heteroatoms. The molecule has 5 nitrogen and oxygen atoms in total. The van der Waals surface area contributed by atoms with E-state index in [4.69, 9.17) is 0 Å². The number of hydrogen-bond donors (Lipinski definition) is 1. The minimum absolute atomic E-state index is 0.172. The SMILES string of the molecule is CCCS(=O)(=O)NCc1c(C)nn(C)c1C. The van der Waals surface area contributed by atoms with E-state index in [2.05, 4.69) is 9.82 Å². The molecule has 0 atom stereocenters. The molecule has 0 aliphatic carbocycles. The average molecular weight is 245 g/mol. The van der Waals surface area contributed by atoms with Gasteiger partial charge in [0.15, 0.2) is 0 Å². The molecule has 0 saturated heterocycles. The third-order valence-electron chi connectivity index (χ3n) is 2.60. The fraction of sp³-hybridized carbons (Fsp3) is 0.700. The molecule has 0 aliphatic heterocycles. The highest BCUT2D eigenvalue weighted by atomic mass is 32.2. The van der Waals surface area contributed by atoms with Gasteiger partial charge in [-0.3, -0.25) is 4.68 Å². The molecule has 1 aromatic rings. The lowest BCUT2D eigenvalue weighted by molar-refractivity contribution is 0.579. The lowest BCUT2D eigenvalue weighted by Crippen LogP contribution is -2.26. The third kappa shape index (κ3) is 3.05. The monoisotopic (exact) mass is 245 g/mol. The van der Waals surface area contributed by atoms with Gasteiger partial charge in [-0.25, -0.2) is 13.1 Å². The summed E-state index contributed by atoms with van der Waals surface area (Å²) in [5.74, 6) is 0.172. The maximum absolute atomic E-state index is 11.5. The Hall–Kier alpha value is -0.880. The van der Waals surface area contributed by atoms with Gasteiger partial charge in [0.2, 0.25) is 10.0 Å². The van der Waals surface area contributed by atoms with Crippen LogP contribution in [0.4, 0.5) is 0 Å². The summed E-state index contributed by atoms with van der Waals surface area (Å²) in [5, 5.41) is 4.24. The van der Waals surface area contributed by atoms with Gasteiger partial charge < -0.3 is 0 Å². The number of nitrogens with one attached hydrogen (secondary N) is 1. The van der Waals surface area contributed by atoms with Crippen LogP contribution in [0.15, 0.2) is 0 Å². The van der Waals surface area contributed by atoms with Gasteiger partial charge >= 0.3 is 0 Å². The topological polar surface area (TPSA) is 64.0 Å². The molecule has 0 bridgehead atoms. The summed E-state index contributed by atoms with van der Waals surface area (Å²) in [7, 11) is -1.29. The number of sulfonamides is 1. The van der Waals surface area contributed by atoms with E-state index in [1.807, 2.05) is 27.8 Å². The first-order chi connectivity index (χ1) is 7.37. The minimum Gasteiger partial charge on any atom is -0.272 e. The van der Waals surface area contributed by atoms with Crippen LogP contribution < -0.4 is 4.72 Å². The predicted molar refractivity (Wildman–Crippen MR) is 63.6 cm³/mol. The maximum Gasteiger partial charge on any atom is 0.211 e. The van der Waals surface area contributed by atoms with Crippen LogP contribution in [-0.4, -0.2) is 24.0 Å². The van der Waals surface area contributed by atoms with Crippen LogP contribution in [0.25, 0.3) is 0 Å². The van der Waals surface area contributed by atoms with Gasteiger partial charge in [0.1, 0.15) is 0 Å². The summed E-state index contributed by atoms with van der Waals surface area (Å²) < 4.78 is 27.3. The summed E-state index contributed by atoms with van der Waals surface area (Å²) in [4.78, 5) is 0. The molecule has 0 saturated carbocycles. The van der Waals surface area contributed by atoms with Gasteiger partial charge in [0.05, 0.1) is 11.4 Å². The first kappa shape index (κ1) is 13.2. The Kier molecular flexibility index (Phi) is 4.09. The van der Waals surface area contributed by atoms with Gasteiger partial charge in [-0.1, -0.05) is 6.92 Å². The van der Waals surface area contributed by atoms with Crippen molar-refractivity contribution < 1.29 is 8.42 Å². The third-order valence-corrected chi connectivity index (χ3v) is 4.13. The molecular formula is C10H19N3O2S. The van der Waals surface area contributed by atoms with Gasteiger partial charge in [0, 0.05) is 24.8 Å². The van der Waals surface area contributed by atoms with E-state index in [9.17, 15) is 8.42 Å². The van der Waals surface area contributed by atoms with Crippen LogP contribution in [0.5, 0.6) is 0 Å². The van der Waals surface area contributed by atoms with E-state index in [0.29, 0.717) is 13.0 Å². The Balaban J connectivity index is 2.75. The fourth-order valence-electron chi connectivity index (χ4n) is 1.60. The largest absolute Gasteiger partial charge is 0.272 e. The number of aromatic nitrogens is 2. The van der Waals surface area contributed by atoms with Crippen LogP contribution in [0.2, 0.25) is 0 Å². The van der Waals surface area contributed by atoms with Crippen LogP contribution in [0.1, 0.15) is 30.3 Å². The van der Waals surface area contributed by atoms with Gasteiger partial charge in [-0.05, 0) is 20.3 Å². The Morgan fingerprint density at radius 2 is 2.00 bits per heavy atom. The molecule has 1 aromatic heterocycles. The van der Waals surface area contributed by atoms with E-state index < -0.39 is 10.0 Å². The van der Waals surface area contributed by atoms with Crippen molar-refractivity contribution in [2.75, 3.05) is 5.75 Å². The standard InChI is InChI=1S/C10H19N3O2S/c1-5-6-16(14,15)11-7-10-8(2)12-13(4)9(10)3/h11H,5-7H2,1-4H3. The number of aryl methyl sites for hydroxylation is 2. The Morgan fingerprint density at radius 1 is 1.38 bits per heavy atom. The quantitative estimate of drug-likeness (QED) is 0.837. The molecule has 92 valence electrons. The summed E-state index contributed by atoms with van der Waals surface area (Å²) in [5.41, 5.74) is 2.83. The second-order valence-electron chi connectivity index (χ2n) is 3.91. The number of hydrogen-bond acceptors (Lipinski definition) is 3. The van der Waals surface area contributed by atoms with E-state index in [-0.39, 0.29) is 5.75 Å². The zero-order valence-electron chi connectivity index (χ0n) is 10.2. The molecule has 0 radical (unpaired) electrons. The summed E-state index contributed by atoms with van der Waals surface area (Å²) in [6.07, 6.45) is 0.625. The van der Waals surface area contributed by atoms with Crippen LogP contribution >= 0.6 is 0 Å². The van der Waals surface area contributed by atoms with Crippen molar-refractivity contribution in [1.82, 2.24) is 14.5 Å². The van der Waals surface area contributed by atoms with Crippen molar-refractivity contribution in [3.8, 4) is 0 Å². The van der Waals surface area contributed by atoms with Gasteiger partial charge in [0.25, 0.3) is 0 Å². The smallest absolute Gasteiger partial charge is 0.211 e. The normalized spacial score (nSPS) is 12.0. The van der Waals surface area contributed by atoms with Crippen molar-refractivity contribution in [1.29, 1.82) is 0 Å². The minimum atomic E-state index is -3.14. The summed E-state index contributed by atoms with van der Waals surface area (Å²) >= 11 is 0. The van der Waals surface area contributed by atoms with Gasteiger partial charge in [-0.2, -0.15) is 5.10 Å². The maximum atomic E-state index is 11.5. The van der Waals surface area contributed by atoms with Crippen molar-refractivity contribution >= 4 is 10.0 Å². The highest BCUT2D eigenvalue weighted by molar-refractivity contribution is 7.89. The average Bonchev–Trinajstić information content (AvgIpc) is 2.39. The molecule has 1 rings (SSSR count). The summed E-state index contributed by atoms with van der Waals surface area (Å²) in [6, 6.07) is 0. The van der Waals surface area contributed by atoms with Crippen molar-refractivity contribution in [3.63, 3.8) is 0 Å². The molecular weight excluding hydrogens is 226 g/mol. The van der Waals surface area contributed by atoms with E-state index >= 15 is 0 Å². The molecule has 16 heavy (non-hydrogen) atoms. The molecule has 1 heterocycles. The van der Waals surface area contributed by atoms with Crippen molar-refractivity contribution in [2.24, 2.45) is 7.05 Å². The van der Waals surface area contributed by atoms with E-state index in [1.165, 1.54) is 0 Å². The van der Waals surface area contributed by atoms with Crippen LogP contribution in [0.3, 0.4) is 0 Å². The van der Waals surface area contributed by atoms with Crippen LogP contribution in [-0.2, 0) is 23.6 Å². The van der Waals surface area contributed by atoms with E-state index in [0.717, 1.165) is 17.0 Å². The zero-order valence-corrected chi connectivity index (χ0v) is 11.1. The Labute approximate surface area is 96.9 Å². The van der Waals surface area contributed by atoms with Crippen molar-refractivity contribution in [3.05, 3.63) is 17.0 Å². The molecule has 0 spiro atoms. The van der Waals surface area contributed by atoms with Gasteiger partial charge in [-0.15, -0.1) is 0 Å². The lowest BCUT2D eigenvalue weighted by Gasteiger charge is -2.05. The van der Waals surface area contributed by atoms with E-state index in [1.54, 1.807) is 4.68 Å². The fourth-order valence-corrected chi connectivity index (χ4v) is 2.64. The number of nitrogens with zero attached hydrogens (tertiary/aromatic N) is 2. The lowest BCUT2D eigenvalue weighted by atomic mass is 10.2. The summed E-state index contributed by atoms with van der Waals surface area (Å²) in [6.45, 7) is 5.99. The van der Waals surface area contributed by atoms with Crippen molar-refractivity contribution in [2.45, 2.75) is 33.7 Å². The molecule has 0 aromatic carbocycles. The zero-order chi connectivity index (χ0) is 12.3. The number of rotatable bonds is 5. The highest BCUT2D eigenvalue weighted by Crippen LogP contribution is 2.11. The second-order valence-corrected chi connectivity index (χ2v) is 5.84. The first-order valence-corrected chi connectivity index (χ1v) is 6.99. The highest BCUT2D eigenvalue weighted by Gasteiger charge is 2.13. The first-order valence-electron chi connectivity index (χ1n) is 5.33.